The predicted molar refractivity (Wildman–Crippen MR) is 132 cm³/mol. The summed E-state index contributed by atoms with van der Waals surface area (Å²) in [7, 11) is 0.321. The minimum atomic E-state index is -3.83. The topological polar surface area (TPSA) is 115 Å². The van der Waals surface area contributed by atoms with Crippen LogP contribution < -0.4 is 24.6 Å². The summed E-state index contributed by atoms with van der Waals surface area (Å²) in [4.78, 5) is 16.0. The summed E-state index contributed by atoms with van der Waals surface area (Å²) in [6.45, 7) is -0.522. The summed E-state index contributed by atoms with van der Waals surface area (Å²) >= 11 is 0. The van der Waals surface area contributed by atoms with Crippen molar-refractivity contribution in [2.24, 2.45) is 7.05 Å². The van der Waals surface area contributed by atoms with Crippen LogP contribution in [0.5, 0.6) is 11.5 Å². The van der Waals surface area contributed by atoms with Gasteiger partial charge in [0.2, 0.25) is 0 Å². The van der Waals surface area contributed by atoms with E-state index in [0.29, 0.717) is 11.4 Å². The number of aromatic nitrogens is 2. The number of aryl methyl sites for hydroxylation is 1. The van der Waals surface area contributed by atoms with E-state index in [0.717, 1.165) is 17.2 Å². The number of ether oxygens (including phenoxy) is 2. The van der Waals surface area contributed by atoms with Crippen LogP contribution in [0.4, 0.5) is 31.5 Å². The highest BCUT2D eigenvalue weighted by molar-refractivity contribution is 7.85. The van der Waals surface area contributed by atoms with Gasteiger partial charge in [-0.25, -0.2) is 8.78 Å². The maximum absolute atomic E-state index is 15.4. The summed E-state index contributed by atoms with van der Waals surface area (Å²) in [5, 5.41) is 7.23. The Balaban J connectivity index is 1.81. The van der Waals surface area contributed by atoms with E-state index in [1.165, 1.54) is 31.4 Å². The molecule has 198 valence electrons. The van der Waals surface area contributed by atoms with E-state index in [-0.39, 0.29) is 41.9 Å². The van der Waals surface area contributed by atoms with Crippen LogP contribution in [-0.2, 0) is 21.3 Å². The van der Waals surface area contributed by atoms with Gasteiger partial charge in [0, 0.05) is 37.2 Å². The molecule has 0 atom stereocenters. The molecule has 0 fully saturated rings. The second-order valence-electron chi connectivity index (χ2n) is 8.11. The molecular weight excluding hydrogens is 512 g/mol. The average molecular weight is 538 g/mol. The van der Waals surface area contributed by atoms with Gasteiger partial charge in [0.1, 0.15) is 5.69 Å². The number of hydrogen-bond donors (Lipinski definition) is 1. The van der Waals surface area contributed by atoms with E-state index in [4.69, 9.17) is 13.7 Å². The van der Waals surface area contributed by atoms with Crippen molar-refractivity contribution in [2.45, 2.75) is 0 Å². The first-order valence-corrected chi connectivity index (χ1v) is 12.8. The Morgan fingerprint density at radius 2 is 1.81 bits per heavy atom. The van der Waals surface area contributed by atoms with E-state index in [1.807, 2.05) is 0 Å². The maximum Gasteiger partial charge on any atom is 0.264 e. The first-order chi connectivity index (χ1) is 17.5. The highest BCUT2D eigenvalue weighted by Crippen LogP contribution is 2.41. The molecule has 0 aliphatic carbocycles. The van der Waals surface area contributed by atoms with Crippen molar-refractivity contribution in [3.8, 4) is 11.5 Å². The van der Waals surface area contributed by atoms with Gasteiger partial charge in [0.25, 0.3) is 16.0 Å². The molecule has 3 aromatic rings. The van der Waals surface area contributed by atoms with Crippen molar-refractivity contribution in [1.29, 1.82) is 0 Å². The predicted octanol–water partition coefficient (Wildman–Crippen LogP) is 2.86. The Bertz CT molecular complexity index is 1420. The molecule has 37 heavy (non-hydrogen) atoms. The van der Waals surface area contributed by atoms with Crippen LogP contribution in [0.25, 0.3) is 0 Å². The summed E-state index contributed by atoms with van der Waals surface area (Å²) < 4.78 is 70.4. The number of nitrogens with one attached hydrogen (secondary N) is 1. The highest BCUT2D eigenvalue weighted by atomic mass is 32.2. The molecule has 1 aliphatic rings. The molecule has 2 aromatic carbocycles. The van der Waals surface area contributed by atoms with Crippen molar-refractivity contribution < 1.29 is 35.6 Å². The largest absolute Gasteiger partial charge is 0.493 e. The third kappa shape index (κ3) is 5.29. The number of carbonyl (C=O) groups excluding carboxylic acids is 1. The molecule has 1 N–H and O–H groups in total. The van der Waals surface area contributed by atoms with Gasteiger partial charge in [-0.2, -0.15) is 13.5 Å². The summed E-state index contributed by atoms with van der Waals surface area (Å²) in [5.41, 5.74) is 0.951. The van der Waals surface area contributed by atoms with Crippen molar-refractivity contribution in [1.82, 2.24) is 9.78 Å². The number of amides is 1. The molecule has 4 rings (SSSR count). The first kappa shape index (κ1) is 26.2. The lowest BCUT2D eigenvalue weighted by Crippen LogP contribution is -2.40. The lowest BCUT2D eigenvalue weighted by molar-refractivity contribution is 0.0986. The number of nitrogens with zero attached hydrogens (tertiary/aromatic N) is 4. The monoisotopic (exact) mass is 537 g/mol. The molecule has 0 spiro atoms. The van der Waals surface area contributed by atoms with Crippen LogP contribution in [0.1, 0.15) is 10.4 Å². The van der Waals surface area contributed by atoms with Gasteiger partial charge in [-0.05, 0) is 18.2 Å². The molecule has 2 heterocycles. The standard InChI is InChI=1S/C23H25F2N5O6S/c1-28-12-15(11-27-28)30-13-26-17-6-5-14(9-16(17)23(30)31)29(7-8-36-37(4,32)33)22-20(24)18(34-2)10-19(35-3)21(22)25/h5-6,9-12,26H,7-8,13H2,1-4H3. The highest BCUT2D eigenvalue weighted by Gasteiger charge is 2.30. The zero-order valence-electron chi connectivity index (χ0n) is 20.5. The van der Waals surface area contributed by atoms with Crippen molar-refractivity contribution >= 4 is 38.8 Å². The van der Waals surface area contributed by atoms with Gasteiger partial charge in [-0.1, -0.05) is 0 Å². The number of rotatable bonds is 9. The lowest BCUT2D eigenvalue weighted by atomic mass is 10.1. The Morgan fingerprint density at radius 1 is 1.14 bits per heavy atom. The summed E-state index contributed by atoms with van der Waals surface area (Å²) in [6.07, 6.45) is 4.08. The van der Waals surface area contributed by atoms with Crippen molar-refractivity contribution in [2.75, 3.05) is 55.4 Å². The number of carbonyl (C=O) groups is 1. The summed E-state index contributed by atoms with van der Waals surface area (Å²) in [5.74, 6) is -3.03. The molecule has 0 radical (unpaired) electrons. The number of halogens is 2. The number of methoxy groups -OCH3 is 2. The molecule has 0 saturated heterocycles. The second-order valence-corrected chi connectivity index (χ2v) is 9.75. The van der Waals surface area contributed by atoms with E-state index in [9.17, 15) is 13.2 Å². The van der Waals surface area contributed by atoms with Crippen LogP contribution in [0.15, 0.2) is 36.7 Å². The number of fused-ring (bicyclic) bond motifs is 1. The van der Waals surface area contributed by atoms with Gasteiger partial charge in [-0.15, -0.1) is 0 Å². The molecule has 0 saturated carbocycles. The third-order valence-electron chi connectivity index (χ3n) is 5.65. The molecular formula is C23H25F2N5O6S. The maximum atomic E-state index is 15.4. The molecule has 0 bridgehead atoms. The SMILES string of the molecule is COc1cc(OC)c(F)c(N(CCOS(C)(=O)=O)c2ccc3c(c2)C(=O)N(c2cnn(C)c2)CN3)c1F. The average Bonchev–Trinajstić information content (AvgIpc) is 3.28. The minimum Gasteiger partial charge on any atom is -0.493 e. The third-order valence-corrected chi connectivity index (χ3v) is 6.25. The molecule has 1 aliphatic heterocycles. The normalized spacial score (nSPS) is 13.2. The fraction of sp³-hybridized carbons (Fsp3) is 0.304. The fourth-order valence-corrected chi connectivity index (χ4v) is 4.31. The number of benzene rings is 2. The quantitative estimate of drug-likeness (QED) is 0.412. The molecule has 0 unspecified atom stereocenters. The van der Waals surface area contributed by atoms with Gasteiger partial charge >= 0.3 is 0 Å². The van der Waals surface area contributed by atoms with E-state index in [1.54, 1.807) is 30.1 Å². The van der Waals surface area contributed by atoms with Crippen LogP contribution in [-0.4, -0.2) is 64.4 Å². The minimum absolute atomic E-state index is 0.194. The second kappa shape index (κ2) is 10.2. The zero-order chi connectivity index (χ0) is 26.9. The van der Waals surface area contributed by atoms with E-state index in [2.05, 4.69) is 10.4 Å². The van der Waals surface area contributed by atoms with Gasteiger partial charge in [0.05, 0.1) is 51.2 Å². The molecule has 14 heteroatoms. The smallest absolute Gasteiger partial charge is 0.264 e. The van der Waals surface area contributed by atoms with Gasteiger partial charge in [0.15, 0.2) is 23.1 Å². The Hall–Kier alpha value is -3.91. The number of hydrogen-bond acceptors (Lipinski definition) is 9. The zero-order valence-corrected chi connectivity index (χ0v) is 21.3. The Labute approximate surface area is 212 Å². The first-order valence-electron chi connectivity index (χ1n) is 10.9. The van der Waals surface area contributed by atoms with E-state index >= 15 is 8.78 Å². The van der Waals surface area contributed by atoms with Gasteiger partial charge in [-0.3, -0.25) is 18.6 Å². The molecule has 11 nitrogen and oxygen atoms in total. The fourth-order valence-electron chi connectivity index (χ4n) is 3.93. The Kier molecular flexibility index (Phi) is 7.23. The van der Waals surface area contributed by atoms with Crippen LogP contribution >= 0.6 is 0 Å². The Morgan fingerprint density at radius 3 is 2.38 bits per heavy atom. The van der Waals surface area contributed by atoms with Crippen LogP contribution in [0.2, 0.25) is 0 Å². The van der Waals surface area contributed by atoms with Gasteiger partial charge < -0.3 is 19.7 Å². The van der Waals surface area contributed by atoms with Crippen molar-refractivity contribution in [3.05, 3.63) is 53.9 Å². The molecule has 1 amide bonds. The molecule has 1 aromatic heterocycles. The van der Waals surface area contributed by atoms with E-state index < -0.39 is 34.0 Å². The summed E-state index contributed by atoms with van der Waals surface area (Å²) in [6, 6.07) is 5.66. The van der Waals surface area contributed by atoms with Crippen LogP contribution in [0, 0.1) is 11.6 Å². The van der Waals surface area contributed by atoms with Crippen LogP contribution in [0.3, 0.4) is 0 Å². The van der Waals surface area contributed by atoms with Crippen molar-refractivity contribution in [3.63, 3.8) is 0 Å². The lowest BCUT2D eigenvalue weighted by Gasteiger charge is -2.31. The number of anilines is 4.